The first-order chi connectivity index (χ1) is 12.4. The Morgan fingerprint density at radius 3 is 2.85 bits per heavy atom. The largest absolute Gasteiger partial charge is 0.370 e. The van der Waals surface area contributed by atoms with Crippen molar-refractivity contribution in [1.82, 2.24) is 4.98 Å². The molecule has 1 aromatic heterocycles. The molecule has 1 aliphatic heterocycles. The molecule has 1 N–H and O–H groups in total. The van der Waals surface area contributed by atoms with Gasteiger partial charge in [0, 0.05) is 35.9 Å². The Morgan fingerprint density at radius 1 is 1.38 bits per heavy atom. The zero-order chi connectivity index (χ0) is 18.7. The van der Waals surface area contributed by atoms with Gasteiger partial charge in [-0.2, -0.15) is 0 Å². The van der Waals surface area contributed by atoms with Crippen LogP contribution >= 0.6 is 15.9 Å². The maximum atomic E-state index is 12.6. The van der Waals surface area contributed by atoms with Crippen molar-refractivity contribution >= 4 is 39.0 Å². The number of benzene rings is 1. The van der Waals surface area contributed by atoms with Crippen LogP contribution in [0.15, 0.2) is 41.0 Å². The van der Waals surface area contributed by atoms with Crippen LogP contribution in [-0.4, -0.2) is 28.9 Å². The number of piperidine rings is 1. The van der Waals surface area contributed by atoms with E-state index in [0.717, 1.165) is 30.6 Å². The molecule has 26 heavy (non-hydrogen) atoms. The van der Waals surface area contributed by atoms with E-state index in [1.807, 2.05) is 13.0 Å². The maximum Gasteiger partial charge on any atom is 0.270 e. The topological polar surface area (TPSA) is 88.4 Å². The number of nitro groups is 1. The molecule has 0 spiro atoms. The zero-order valence-electron chi connectivity index (χ0n) is 14.3. The highest BCUT2D eigenvalue weighted by atomic mass is 79.9. The van der Waals surface area contributed by atoms with Gasteiger partial charge >= 0.3 is 0 Å². The number of carbonyl (C=O) groups excluding carboxylic acids is 1. The zero-order valence-corrected chi connectivity index (χ0v) is 15.9. The Morgan fingerprint density at radius 2 is 2.19 bits per heavy atom. The second-order valence-corrected chi connectivity index (χ2v) is 7.24. The van der Waals surface area contributed by atoms with Crippen LogP contribution in [0.5, 0.6) is 0 Å². The van der Waals surface area contributed by atoms with Gasteiger partial charge in [0.2, 0.25) is 5.91 Å². The third-order valence-electron chi connectivity index (χ3n) is 4.44. The van der Waals surface area contributed by atoms with Crippen LogP contribution in [0.4, 0.5) is 17.2 Å². The van der Waals surface area contributed by atoms with E-state index in [1.54, 1.807) is 18.3 Å². The fourth-order valence-electron chi connectivity index (χ4n) is 3.05. The van der Waals surface area contributed by atoms with Crippen molar-refractivity contribution < 1.29 is 9.72 Å². The van der Waals surface area contributed by atoms with E-state index in [0.29, 0.717) is 16.8 Å². The first-order valence-electron chi connectivity index (χ1n) is 8.36. The second kappa shape index (κ2) is 7.82. The predicted molar refractivity (Wildman–Crippen MR) is 103 cm³/mol. The lowest BCUT2D eigenvalue weighted by Gasteiger charge is -2.34. The molecule has 1 fully saturated rings. The number of rotatable bonds is 4. The molecule has 0 aliphatic carbocycles. The minimum Gasteiger partial charge on any atom is -0.370 e. The van der Waals surface area contributed by atoms with Crippen molar-refractivity contribution in [1.29, 1.82) is 0 Å². The maximum absolute atomic E-state index is 12.6. The lowest BCUT2D eigenvalue weighted by Crippen LogP contribution is -2.41. The summed E-state index contributed by atoms with van der Waals surface area (Å²) in [5, 5.41) is 13.8. The van der Waals surface area contributed by atoms with Gasteiger partial charge in [-0.25, -0.2) is 4.98 Å². The van der Waals surface area contributed by atoms with Crippen LogP contribution in [0.1, 0.15) is 18.4 Å². The van der Waals surface area contributed by atoms with Crippen LogP contribution < -0.4 is 10.2 Å². The van der Waals surface area contributed by atoms with Crippen molar-refractivity contribution in [3.05, 3.63) is 56.7 Å². The number of nitrogens with zero attached hydrogens (tertiary/aromatic N) is 3. The summed E-state index contributed by atoms with van der Waals surface area (Å²) in [6, 6.07) is 8.41. The van der Waals surface area contributed by atoms with Crippen LogP contribution in [-0.2, 0) is 4.79 Å². The molecule has 0 radical (unpaired) electrons. The summed E-state index contributed by atoms with van der Waals surface area (Å²) < 4.78 is 0.660. The number of non-ortho nitro benzene ring substituents is 1. The van der Waals surface area contributed by atoms with Gasteiger partial charge in [-0.3, -0.25) is 14.9 Å². The molecular formula is C18H19BrN4O3. The van der Waals surface area contributed by atoms with Gasteiger partial charge in [0.15, 0.2) is 0 Å². The quantitative estimate of drug-likeness (QED) is 0.600. The number of amides is 1. The second-order valence-electron chi connectivity index (χ2n) is 6.39. The molecule has 7 nitrogen and oxygen atoms in total. The average molecular weight is 419 g/mol. The van der Waals surface area contributed by atoms with Crippen LogP contribution in [0.25, 0.3) is 0 Å². The summed E-state index contributed by atoms with van der Waals surface area (Å²) >= 11 is 3.41. The molecule has 136 valence electrons. The number of hydrogen-bond donors (Lipinski definition) is 1. The number of nitro benzene ring substituents is 1. The van der Waals surface area contributed by atoms with E-state index in [4.69, 9.17) is 0 Å². The highest BCUT2D eigenvalue weighted by Crippen LogP contribution is 2.33. The van der Waals surface area contributed by atoms with Crippen LogP contribution in [0.3, 0.4) is 0 Å². The highest BCUT2D eigenvalue weighted by molar-refractivity contribution is 9.10. The van der Waals surface area contributed by atoms with Gasteiger partial charge in [0.1, 0.15) is 5.82 Å². The number of carbonyl (C=O) groups is 1. The van der Waals surface area contributed by atoms with Gasteiger partial charge in [-0.1, -0.05) is 6.07 Å². The van der Waals surface area contributed by atoms with Crippen molar-refractivity contribution in [3.63, 3.8) is 0 Å². The Hall–Kier alpha value is -2.48. The summed E-state index contributed by atoms with van der Waals surface area (Å²) in [6.07, 6.45) is 3.40. The van der Waals surface area contributed by atoms with Gasteiger partial charge < -0.3 is 10.2 Å². The lowest BCUT2D eigenvalue weighted by atomic mass is 9.96. The van der Waals surface area contributed by atoms with Gasteiger partial charge in [-0.15, -0.1) is 0 Å². The summed E-state index contributed by atoms with van der Waals surface area (Å²) in [7, 11) is 0. The molecular weight excluding hydrogens is 400 g/mol. The first-order valence-corrected chi connectivity index (χ1v) is 9.16. The van der Waals surface area contributed by atoms with Crippen molar-refractivity contribution in [2.24, 2.45) is 5.92 Å². The van der Waals surface area contributed by atoms with E-state index in [9.17, 15) is 14.9 Å². The Balaban J connectivity index is 1.69. The molecule has 1 unspecified atom stereocenters. The van der Waals surface area contributed by atoms with Crippen LogP contribution in [0.2, 0.25) is 0 Å². The van der Waals surface area contributed by atoms with Crippen molar-refractivity contribution in [2.45, 2.75) is 19.8 Å². The van der Waals surface area contributed by atoms with E-state index in [-0.39, 0.29) is 17.5 Å². The lowest BCUT2D eigenvalue weighted by molar-refractivity contribution is -0.384. The van der Waals surface area contributed by atoms with Crippen molar-refractivity contribution in [2.75, 3.05) is 23.3 Å². The number of anilines is 2. The number of halogens is 1. The van der Waals surface area contributed by atoms with E-state index < -0.39 is 4.92 Å². The number of nitrogens with one attached hydrogen (secondary N) is 1. The Kier molecular flexibility index (Phi) is 5.51. The molecule has 1 saturated heterocycles. The number of hydrogen-bond acceptors (Lipinski definition) is 5. The first kappa shape index (κ1) is 18.3. The summed E-state index contributed by atoms with van der Waals surface area (Å²) in [4.78, 5) is 29.3. The normalized spacial score (nSPS) is 17.0. The third-order valence-corrected chi connectivity index (χ3v) is 5.07. The van der Waals surface area contributed by atoms with Crippen LogP contribution in [0, 0.1) is 23.0 Å². The smallest absolute Gasteiger partial charge is 0.270 e. The molecule has 1 aliphatic rings. The molecule has 1 aromatic carbocycles. The standard InChI is InChI=1S/C18H19BrN4O3/c1-12-4-7-17(20-10-12)21-18(24)13-3-2-8-22(11-13)16-6-5-14(23(25)26)9-15(16)19/h4-7,9-10,13H,2-3,8,11H2,1H3,(H,20,21,24). The minimum absolute atomic E-state index is 0.0392. The van der Waals surface area contributed by atoms with E-state index in [2.05, 4.69) is 31.1 Å². The predicted octanol–water partition coefficient (Wildman–Crippen LogP) is 3.92. The summed E-state index contributed by atoms with van der Waals surface area (Å²) in [5.41, 5.74) is 1.94. The number of aryl methyl sites for hydroxylation is 1. The SMILES string of the molecule is Cc1ccc(NC(=O)C2CCCN(c3ccc([N+](=O)[O-])cc3Br)C2)nc1. The minimum atomic E-state index is -0.421. The summed E-state index contributed by atoms with van der Waals surface area (Å²) in [5.74, 6) is 0.340. The Bertz CT molecular complexity index is 826. The van der Waals surface area contributed by atoms with E-state index >= 15 is 0 Å². The van der Waals surface area contributed by atoms with Gasteiger partial charge in [-0.05, 0) is 53.4 Å². The van der Waals surface area contributed by atoms with E-state index in [1.165, 1.54) is 12.1 Å². The van der Waals surface area contributed by atoms with Crippen molar-refractivity contribution in [3.8, 4) is 0 Å². The molecule has 0 bridgehead atoms. The molecule has 2 aromatic rings. The monoisotopic (exact) mass is 418 g/mol. The third kappa shape index (κ3) is 4.19. The molecule has 2 heterocycles. The average Bonchev–Trinajstić information content (AvgIpc) is 2.63. The fourth-order valence-corrected chi connectivity index (χ4v) is 3.66. The molecule has 3 rings (SSSR count). The highest BCUT2D eigenvalue weighted by Gasteiger charge is 2.27. The fraction of sp³-hybridized carbons (Fsp3) is 0.333. The molecule has 1 atom stereocenters. The number of aromatic nitrogens is 1. The van der Waals surface area contributed by atoms with Gasteiger partial charge in [0.05, 0.1) is 16.5 Å². The molecule has 8 heteroatoms. The van der Waals surface area contributed by atoms with Gasteiger partial charge in [0.25, 0.3) is 5.69 Å². The number of pyridine rings is 1. The molecule has 0 saturated carbocycles. The summed E-state index contributed by atoms with van der Waals surface area (Å²) in [6.45, 7) is 3.32. The Labute approximate surface area is 159 Å². The molecule has 1 amide bonds.